The van der Waals surface area contributed by atoms with Crippen LogP contribution in [-0.2, 0) is 19.9 Å². The molecule has 1 unspecified atom stereocenters. The molecule has 16 heavy (non-hydrogen) atoms. The van der Waals surface area contributed by atoms with Crippen molar-refractivity contribution in [1.29, 1.82) is 0 Å². The van der Waals surface area contributed by atoms with Crippen molar-refractivity contribution >= 4 is 44.0 Å². The molecule has 1 atom stereocenters. The highest BCUT2D eigenvalue weighted by Crippen LogP contribution is 2.43. The van der Waals surface area contributed by atoms with Gasteiger partial charge in [0.2, 0.25) is 10.0 Å². The monoisotopic (exact) mass is 301 g/mol. The molecule has 2 N–H and O–H groups in total. The first-order valence-corrected chi connectivity index (χ1v) is 7.87. The van der Waals surface area contributed by atoms with Crippen LogP contribution >= 0.6 is 24.2 Å². The number of halogens is 1. The quantitative estimate of drug-likeness (QED) is 0.760. The SMILES string of the molecule is Cl.NS(=O)(=O)C1=CC2=CC=CS(=O)(=O)C2S1. The highest BCUT2D eigenvalue weighted by atomic mass is 35.5. The zero-order valence-corrected chi connectivity index (χ0v) is 11.0. The largest absolute Gasteiger partial charge is 0.244 e. The van der Waals surface area contributed by atoms with Gasteiger partial charge in [0.15, 0.2) is 9.84 Å². The highest BCUT2D eigenvalue weighted by molar-refractivity contribution is 8.25. The molecule has 0 bridgehead atoms. The highest BCUT2D eigenvalue weighted by Gasteiger charge is 2.37. The number of fused-ring (bicyclic) bond motifs is 1. The van der Waals surface area contributed by atoms with Crippen LogP contribution in [0.25, 0.3) is 0 Å². The Morgan fingerprint density at radius 2 is 2.00 bits per heavy atom. The number of nitrogens with two attached hydrogens (primary N) is 1. The van der Waals surface area contributed by atoms with Gasteiger partial charge in [0.1, 0.15) is 8.82 Å². The Morgan fingerprint density at radius 3 is 2.50 bits per heavy atom. The predicted molar refractivity (Wildman–Crippen MR) is 66.0 cm³/mol. The zero-order valence-electron chi connectivity index (χ0n) is 7.73. The lowest BCUT2D eigenvalue weighted by atomic mass is 10.3. The number of thioether (sulfide) groups is 1. The molecular weight excluding hydrogens is 294 g/mol. The molecule has 0 aliphatic carbocycles. The van der Waals surface area contributed by atoms with E-state index in [1.165, 1.54) is 12.2 Å². The fraction of sp³-hybridized carbons (Fsp3) is 0.143. The van der Waals surface area contributed by atoms with Crippen LogP contribution in [0.3, 0.4) is 0 Å². The van der Waals surface area contributed by atoms with Crippen molar-refractivity contribution in [1.82, 2.24) is 0 Å². The third kappa shape index (κ3) is 2.35. The molecule has 0 saturated carbocycles. The summed E-state index contributed by atoms with van der Waals surface area (Å²) in [5.41, 5.74) is 0.450. The third-order valence-electron chi connectivity index (χ3n) is 1.92. The van der Waals surface area contributed by atoms with Gasteiger partial charge in [0.05, 0.1) is 0 Å². The minimum atomic E-state index is -3.82. The second-order valence-corrected chi connectivity index (χ2v) is 8.20. The first-order valence-electron chi connectivity index (χ1n) is 3.84. The van der Waals surface area contributed by atoms with Gasteiger partial charge in [0.25, 0.3) is 0 Å². The summed E-state index contributed by atoms with van der Waals surface area (Å²) in [6.45, 7) is 0. The molecule has 0 aromatic carbocycles. The lowest BCUT2D eigenvalue weighted by Crippen LogP contribution is -2.17. The van der Waals surface area contributed by atoms with Crippen molar-refractivity contribution in [3.63, 3.8) is 0 Å². The van der Waals surface area contributed by atoms with Crippen molar-refractivity contribution in [2.45, 2.75) is 4.58 Å². The van der Waals surface area contributed by atoms with Crippen LogP contribution < -0.4 is 5.14 Å². The summed E-state index contributed by atoms with van der Waals surface area (Å²) in [5.74, 6) is 0. The van der Waals surface area contributed by atoms with Gasteiger partial charge in [-0.05, 0) is 11.6 Å². The van der Waals surface area contributed by atoms with Gasteiger partial charge in [0, 0.05) is 5.41 Å². The van der Waals surface area contributed by atoms with Crippen molar-refractivity contribution in [3.8, 4) is 0 Å². The third-order valence-corrected chi connectivity index (χ3v) is 6.92. The molecule has 0 spiro atoms. The van der Waals surface area contributed by atoms with E-state index in [-0.39, 0.29) is 16.6 Å². The lowest BCUT2D eigenvalue weighted by Gasteiger charge is -2.12. The second-order valence-electron chi connectivity index (χ2n) is 3.04. The molecule has 2 heterocycles. The first kappa shape index (κ1) is 13.8. The lowest BCUT2D eigenvalue weighted by molar-refractivity contribution is 0.603. The van der Waals surface area contributed by atoms with Gasteiger partial charge in [-0.1, -0.05) is 23.9 Å². The average molecular weight is 302 g/mol. The van der Waals surface area contributed by atoms with E-state index in [2.05, 4.69) is 0 Å². The molecule has 0 amide bonds. The minimum absolute atomic E-state index is 0. The fourth-order valence-corrected chi connectivity index (χ4v) is 5.29. The number of hydrogen-bond donors (Lipinski definition) is 1. The van der Waals surface area contributed by atoms with E-state index >= 15 is 0 Å². The normalized spacial score (nSPS) is 26.4. The molecule has 0 saturated heterocycles. The van der Waals surface area contributed by atoms with E-state index < -0.39 is 24.4 Å². The Hall–Kier alpha value is -0.280. The van der Waals surface area contributed by atoms with Crippen LogP contribution in [-0.4, -0.2) is 21.4 Å². The van der Waals surface area contributed by atoms with Crippen LogP contribution in [0.15, 0.2) is 33.4 Å². The summed E-state index contributed by atoms with van der Waals surface area (Å²) in [6.07, 6.45) is 4.24. The molecule has 5 nitrogen and oxygen atoms in total. The van der Waals surface area contributed by atoms with E-state index in [1.807, 2.05) is 0 Å². The van der Waals surface area contributed by atoms with Crippen LogP contribution in [0.1, 0.15) is 0 Å². The summed E-state index contributed by atoms with van der Waals surface area (Å²) in [5, 5.41) is 5.99. The molecule has 2 aliphatic heterocycles. The number of hydrogen-bond acceptors (Lipinski definition) is 5. The molecule has 0 aromatic heterocycles. The van der Waals surface area contributed by atoms with Crippen molar-refractivity contribution < 1.29 is 16.8 Å². The van der Waals surface area contributed by atoms with Gasteiger partial charge in [-0.3, -0.25) is 0 Å². The van der Waals surface area contributed by atoms with Gasteiger partial charge < -0.3 is 0 Å². The number of allylic oxidation sites excluding steroid dienone is 3. The molecule has 2 aliphatic rings. The molecular formula is C7H8ClNO4S3. The van der Waals surface area contributed by atoms with Gasteiger partial charge in [-0.2, -0.15) is 0 Å². The van der Waals surface area contributed by atoms with Crippen LogP contribution in [0.5, 0.6) is 0 Å². The minimum Gasteiger partial charge on any atom is -0.224 e. The molecule has 9 heteroatoms. The Balaban J connectivity index is 0.00000128. The van der Waals surface area contributed by atoms with Crippen LogP contribution in [0.4, 0.5) is 0 Å². The summed E-state index contributed by atoms with van der Waals surface area (Å²) in [7, 11) is -7.23. The predicted octanol–water partition coefficient (Wildman–Crippen LogP) is 0.480. The van der Waals surface area contributed by atoms with Gasteiger partial charge in [-0.15, -0.1) is 12.4 Å². The topological polar surface area (TPSA) is 94.3 Å². The Kier molecular flexibility index (Phi) is 3.61. The number of sulfonamides is 1. The standard InChI is InChI=1S/C7H7NO4S3.ClH/c8-15(11,12)6-4-5-2-1-3-14(9,10)7(5)13-6;/h1-4,7H,(H2,8,11,12);1H. The Bertz CT molecular complexity index is 600. The molecule has 0 radical (unpaired) electrons. The molecule has 90 valence electrons. The van der Waals surface area contributed by atoms with E-state index in [4.69, 9.17) is 5.14 Å². The average Bonchev–Trinajstić information content (AvgIpc) is 2.47. The van der Waals surface area contributed by atoms with Crippen molar-refractivity contribution in [3.05, 3.63) is 33.4 Å². The van der Waals surface area contributed by atoms with E-state index in [0.717, 1.165) is 17.2 Å². The zero-order chi connectivity index (χ0) is 11.3. The van der Waals surface area contributed by atoms with Gasteiger partial charge in [-0.25, -0.2) is 22.0 Å². The maximum absolute atomic E-state index is 11.5. The van der Waals surface area contributed by atoms with Crippen LogP contribution in [0, 0.1) is 0 Å². The van der Waals surface area contributed by atoms with Gasteiger partial charge >= 0.3 is 0 Å². The first-order chi connectivity index (χ1) is 6.81. The van der Waals surface area contributed by atoms with Crippen molar-refractivity contribution in [2.75, 3.05) is 0 Å². The summed E-state index contributed by atoms with van der Waals surface area (Å²) in [4.78, 5) is 0. The fourth-order valence-electron chi connectivity index (χ4n) is 1.28. The van der Waals surface area contributed by atoms with E-state index in [1.54, 1.807) is 6.08 Å². The number of sulfone groups is 1. The number of primary sulfonamides is 1. The van der Waals surface area contributed by atoms with E-state index in [9.17, 15) is 16.8 Å². The Labute approximate surface area is 104 Å². The van der Waals surface area contributed by atoms with Crippen molar-refractivity contribution in [2.24, 2.45) is 5.14 Å². The summed E-state index contributed by atoms with van der Waals surface area (Å²) >= 11 is 0.749. The summed E-state index contributed by atoms with van der Waals surface area (Å²) in [6, 6.07) is 0. The maximum Gasteiger partial charge on any atom is 0.244 e. The number of rotatable bonds is 1. The van der Waals surface area contributed by atoms with E-state index in [0.29, 0.717) is 5.57 Å². The maximum atomic E-state index is 11.5. The Morgan fingerprint density at radius 1 is 1.38 bits per heavy atom. The summed E-state index contributed by atoms with van der Waals surface area (Å²) < 4.78 is 44.1. The molecule has 2 rings (SSSR count). The molecule has 0 fully saturated rings. The smallest absolute Gasteiger partial charge is 0.224 e. The molecule has 0 aromatic rings. The second kappa shape index (κ2) is 4.19. The van der Waals surface area contributed by atoms with Crippen LogP contribution in [0.2, 0.25) is 0 Å².